The molecule has 1 N–H and O–H groups in total. The highest BCUT2D eigenvalue weighted by atomic mass is 32.2. The number of nitrogens with one attached hydrogen (secondary N) is 1. The van der Waals surface area contributed by atoms with Gasteiger partial charge in [0.05, 0.1) is 18.1 Å². The Hall–Kier alpha value is -2.62. The molecule has 1 aliphatic heterocycles. The minimum atomic E-state index is -0.622. The number of aliphatic imine (C=N–C) groups is 1. The summed E-state index contributed by atoms with van der Waals surface area (Å²) in [5, 5.41) is 13.6. The third-order valence-electron chi connectivity index (χ3n) is 3.81. The molecule has 1 aromatic rings. The molecule has 26 heavy (non-hydrogen) atoms. The van der Waals surface area contributed by atoms with E-state index >= 15 is 0 Å². The van der Waals surface area contributed by atoms with Gasteiger partial charge in [-0.15, -0.1) is 0 Å². The van der Waals surface area contributed by atoms with E-state index in [4.69, 9.17) is 4.74 Å². The van der Waals surface area contributed by atoms with Gasteiger partial charge in [0.2, 0.25) is 5.91 Å². The lowest BCUT2D eigenvalue weighted by Crippen LogP contribution is -2.28. The molecular weight excluding hydrogens is 360 g/mol. The normalized spacial score (nSPS) is 16.2. The van der Waals surface area contributed by atoms with E-state index < -0.39 is 16.1 Å². The minimum absolute atomic E-state index is 0.0566. The molecule has 1 aromatic carbocycles. The molecule has 0 fully saturated rings. The average Bonchev–Trinajstić information content (AvgIpc) is 2.96. The summed E-state index contributed by atoms with van der Waals surface area (Å²) >= 11 is 1.24. The molecule has 0 saturated carbocycles. The zero-order valence-electron chi connectivity index (χ0n) is 14.7. The molecule has 10 heteroatoms. The van der Waals surface area contributed by atoms with Crippen molar-refractivity contribution < 1.29 is 19.2 Å². The molecule has 0 aliphatic carbocycles. The molecule has 1 atom stereocenters. The third kappa shape index (κ3) is 4.51. The largest absolute Gasteiger partial charge is 0.496 e. The van der Waals surface area contributed by atoms with Gasteiger partial charge in [0.25, 0.3) is 11.6 Å². The molecule has 0 spiro atoms. The first-order chi connectivity index (χ1) is 12.4. The summed E-state index contributed by atoms with van der Waals surface area (Å²) < 4.78 is 4.96. The zero-order valence-corrected chi connectivity index (χ0v) is 15.5. The summed E-state index contributed by atoms with van der Waals surface area (Å²) in [5.41, 5.74) is -0.218. The molecule has 9 nitrogen and oxygen atoms in total. The van der Waals surface area contributed by atoms with E-state index in [0.717, 1.165) is 0 Å². The second-order valence-electron chi connectivity index (χ2n) is 5.40. The fourth-order valence-corrected chi connectivity index (χ4v) is 3.60. The number of amidine groups is 1. The molecular formula is C16H20N4O5S. The van der Waals surface area contributed by atoms with Crippen molar-refractivity contribution in [2.24, 2.45) is 4.99 Å². The number of nitrogens with zero attached hydrogens (tertiary/aromatic N) is 3. The molecule has 0 aromatic heterocycles. The van der Waals surface area contributed by atoms with Crippen LogP contribution in [-0.4, -0.2) is 52.3 Å². The smallest absolute Gasteiger partial charge is 0.296 e. The maximum atomic E-state index is 12.3. The number of amides is 2. The van der Waals surface area contributed by atoms with Crippen LogP contribution in [-0.2, 0) is 9.59 Å². The molecule has 2 amide bonds. The first kappa shape index (κ1) is 19.7. The van der Waals surface area contributed by atoms with Gasteiger partial charge in [0.1, 0.15) is 16.7 Å². The maximum absolute atomic E-state index is 12.3. The van der Waals surface area contributed by atoms with Gasteiger partial charge < -0.3 is 15.0 Å². The monoisotopic (exact) mass is 380 g/mol. The first-order valence-corrected chi connectivity index (χ1v) is 8.93. The number of rotatable bonds is 7. The SMILES string of the molecule is CCN(CC)C1=NC(=O)[C@H](CC(=O)Nc2ccc(OC)cc2[N+](=O)[O-])S1. The van der Waals surface area contributed by atoms with Crippen molar-refractivity contribution in [1.29, 1.82) is 0 Å². The van der Waals surface area contributed by atoms with Crippen molar-refractivity contribution in [2.45, 2.75) is 25.5 Å². The zero-order chi connectivity index (χ0) is 19.3. The van der Waals surface area contributed by atoms with Crippen LogP contribution in [0.5, 0.6) is 5.75 Å². The summed E-state index contributed by atoms with van der Waals surface area (Å²) in [6.07, 6.45) is -0.110. The van der Waals surface area contributed by atoms with Crippen molar-refractivity contribution in [3.05, 3.63) is 28.3 Å². The van der Waals surface area contributed by atoms with Gasteiger partial charge in [0, 0.05) is 19.5 Å². The number of thioether (sulfide) groups is 1. The maximum Gasteiger partial charge on any atom is 0.296 e. The van der Waals surface area contributed by atoms with Crippen molar-refractivity contribution in [3.63, 3.8) is 0 Å². The predicted molar refractivity (Wildman–Crippen MR) is 99.6 cm³/mol. The van der Waals surface area contributed by atoms with Gasteiger partial charge >= 0.3 is 0 Å². The number of carbonyl (C=O) groups excluding carboxylic acids is 2. The second-order valence-corrected chi connectivity index (χ2v) is 6.57. The van der Waals surface area contributed by atoms with Crippen LogP contribution >= 0.6 is 11.8 Å². The van der Waals surface area contributed by atoms with Crippen LogP contribution < -0.4 is 10.1 Å². The van der Waals surface area contributed by atoms with E-state index in [1.807, 2.05) is 18.7 Å². The van der Waals surface area contributed by atoms with Crippen LogP contribution in [0.4, 0.5) is 11.4 Å². The number of hydrogen-bond acceptors (Lipinski definition) is 7. The van der Waals surface area contributed by atoms with E-state index in [0.29, 0.717) is 24.0 Å². The number of nitro benzene ring substituents is 1. The van der Waals surface area contributed by atoms with E-state index in [1.54, 1.807) is 0 Å². The Balaban J connectivity index is 2.04. The van der Waals surface area contributed by atoms with Gasteiger partial charge in [-0.2, -0.15) is 4.99 Å². The topological polar surface area (TPSA) is 114 Å². The summed E-state index contributed by atoms with van der Waals surface area (Å²) in [7, 11) is 1.40. The Bertz CT molecular complexity index is 748. The molecule has 1 aliphatic rings. The minimum Gasteiger partial charge on any atom is -0.496 e. The van der Waals surface area contributed by atoms with E-state index in [2.05, 4.69) is 10.3 Å². The molecule has 0 saturated heterocycles. The number of anilines is 1. The molecule has 0 bridgehead atoms. The molecule has 2 rings (SSSR count). The summed E-state index contributed by atoms with van der Waals surface area (Å²) in [6, 6.07) is 4.14. The molecule has 0 radical (unpaired) electrons. The van der Waals surface area contributed by atoms with Gasteiger partial charge in [-0.05, 0) is 26.0 Å². The Kier molecular flexibility index (Phi) is 6.56. The van der Waals surface area contributed by atoms with E-state index in [-0.39, 0.29) is 23.7 Å². The van der Waals surface area contributed by atoms with Gasteiger partial charge in [0.15, 0.2) is 5.17 Å². The number of ether oxygens (including phenoxy) is 1. The highest BCUT2D eigenvalue weighted by Gasteiger charge is 2.32. The van der Waals surface area contributed by atoms with Gasteiger partial charge in [-0.25, -0.2) is 0 Å². The van der Waals surface area contributed by atoms with Crippen LogP contribution in [0, 0.1) is 10.1 Å². The Morgan fingerprint density at radius 2 is 2.12 bits per heavy atom. The predicted octanol–water partition coefficient (Wildman–Crippen LogP) is 2.27. The van der Waals surface area contributed by atoms with E-state index in [9.17, 15) is 19.7 Å². The molecule has 140 valence electrons. The lowest BCUT2D eigenvalue weighted by molar-refractivity contribution is -0.384. The Morgan fingerprint density at radius 3 is 2.69 bits per heavy atom. The quantitative estimate of drug-likeness (QED) is 0.570. The van der Waals surface area contributed by atoms with Crippen molar-refractivity contribution in [1.82, 2.24) is 4.90 Å². The van der Waals surface area contributed by atoms with Crippen LogP contribution in [0.3, 0.4) is 0 Å². The van der Waals surface area contributed by atoms with E-state index in [1.165, 1.54) is 37.1 Å². The summed E-state index contributed by atoms with van der Waals surface area (Å²) in [5.74, 6) is -0.537. The van der Waals surface area contributed by atoms with Crippen molar-refractivity contribution >= 4 is 40.1 Å². The fraction of sp³-hybridized carbons (Fsp3) is 0.438. The standard InChI is InChI=1S/C16H20N4O5S/c1-4-19(5-2)16-18-15(22)13(26-16)9-14(21)17-11-7-6-10(25-3)8-12(11)20(23)24/h6-8,13H,4-5,9H2,1-3H3,(H,17,21)/t13-/m0/s1. The van der Waals surface area contributed by atoms with Gasteiger partial charge in [-0.1, -0.05) is 11.8 Å². The Labute approximate surface area is 154 Å². The first-order valence-electron chi connectivity index (χ1n) is 8.06. The van der Waals surface area contributed by atoms with Crippen molar-refractivity contribution in [3.8, 4) is 5.75 Å². The van der Waals surface area contributed by atoms with Crippen LogP contribution in [0.2, 0.25) is 0 Å². The summed E-state index contributed by atoms with van der Waals surface area (Å²) in [4.78, 5) is 40.8. The number of carbonyl (C=O) groups is 2. The molecule has 0 unspecified atom stereocenters. The number of benzene rings is 1. The van der Waals surface area contributed by atoms with Crippen LogP contribution in [0.15, 0.2) is 23.2 Å². The Morgan fingerprint density at radius 1 is 1.42 bits per heavy atom. The van der Waals surface area contributed by atoms with Gasteiger partial charge in [-0.3, -0.25) is 19.7 Å². The lowest BCUT2D eigenvalue weighted by Gasteiger charge is -2.19. The highest BCUT2D eigenvalue weighted by Crippen LogP contribution is 2.31. The number of hydrogen-bond donors (Lipinski definition) is 1. The second kappa shape index (κ2) is 8.65. The van der Waals surface area contributed by atoms with Crippen molar-refractivity contribution in [2.75, 3.05) is 25.5 Å². The number of nitro groups is 1. The van der Waals surface area contributed by atoms with Crippen LogP contribution in [0.1, 0.15) is 20.3 Å². The average molecular weight is 380 g/mol. The third-order valence-corrected chi connectivity index (χ3v) is 5.02. The fourth-order valence-electron chi connectivity index (χ4n) is 2.40. The van der Waals surface area contributed by atoms with Crippen LogP contribution in [0.25, 0.3) is 0 Å². The number of methoxy groups -OCH3 is 1. The molecule has 1 heterocycles. The summed E-state index contributed by atoms with van der Waals surface area (Å²) in [6.45, 7) is 5.35. The highest BCUT2D eigenvalue weighted by molar-refractivity contribution is 8.15. The lowest BCUT2D eigenvalue weighted by atomic mass is 10.2.